The van der Waals surface area contributed by atoms with Gasteiger partial charge in [-0.25, -0.2) is 13.1 Å². The van der Waals surface area contributed by atoms with Crippen LogP contribution in [0, 0.1) is 24.0 Å². The van der Waals surface area contributed by atoms with Crippen LogP contribution in [-0.2, 0) is 10.0 Å². The Hall–Kier alpha value is -1.51. The van der Waals surface area contributed by atoms with E-state index in [2.05, 4.69) is 10.0 Å². The maximum atomic E-state index is 12.2. The van der Waals surface area contributed by atoms with Gasteiger partial charge in [-0.05, 0) is 45.0 Å². The minimum atomic E-state index is -3.73. The average molecular weight is 301 g/mol. The Morgan fingerprint density at radius 1 is 1.25 bits per heavy atom. The first kappa shape index (κ1) is 16.5. The van der Waals surface area contributed by atoms with Gasteiger partial charge in [0.1, 0.15) is 0 Å². The summed E-state index contributed by atoms with van der Waals surface area (Å²) >= 11 is 0. The minimum Gasteiger partial charge on any atom is -0.320 e. The van der Waals surface area contributed by atoms with Gasteiger partial charge in [0.25, 0.3) is 5.69 Å². The van der Waals surface area contributed by atoms with Gasteiger partial charge in [-0.15, -0.1) is 0 Å². The standard InChI is InChI=1S/C12H19N3O4S/c1-9-7-11(15(16)17)8-12(10(9)2)20(18,19)14-6-4-5-13-3/h7-8,13-14H,4-6H2,1-3H3. The molecular weight excluding hydrogens is 282 g/mol. The van der Waals surface area contributed by atoms with Crippen LogP contribution in [-0.4, -0.2) is 33.5 Å². The van der Waals surface area contributed by atoms with E-state index in [4.69, 9.17) is 0 Å². The molecule has 1 rings (SSSR count). The SMILES string of the molecule is CNCCCNS(=O)(=O)c1cc([N+](=O)[O-])cc(C)c1C. The molecule has 0 bridgehead atoms. The summed E-state index contributed by atoms with van der Waals surface area (Å²) in [6.45, 7) is 4.27. The maximum absolute atomic E-state index is 12.2. The lowest BCUT2D eigenvalue weighted by atomic mass is 10.1. The molecule has 7 nitrogen and oxygen atoms in total. The second-order valence-corrected chi connectivity index (χ2v) is 6.23. The first-order chi connectivity index (χ1) is 9.29. The van der Waals surface area contributed by atoms with Gasteiger partial charge in [0.05, 0.1) is 9.82 Å². The molecule has 0 spiro atoms. The number of nitro benzene ring substituents is 1. The van der Waals surface area contributed by atoms with Crippen LogP contribution in [0.4, 0.5) is 5.69 Å². The Morgan fingerprint density at radius 2 is 1.90 bits per heavy atom. The van der Waals surface area contributed by atoms with E-state index in [9.17, 15) is 18.5 Å². The molecule has 1 aromatic rings. The number of rotatable bonds is 7. The summed E-state index contributed by atoms with van der Waals surface area (Å²) in [5.41, 5.74) is 0.884. The van der Waals surface area contributed by atoms with Crippen LogP contribution in [0.25, 0.3) is 0 Å². The smallest absolute Gasteiger partial charge is 0.271 e. The zero-order valence-corrected chi connectivity index (χ0v) is 12.6. The van der Waals surface area contributed by atoms with E-state index in [0.29, 0.717) is 24.1 Å². The fraction of sp³-hybridized carbons (Fsp3) is 0.500. The highest BCUT2D eigenvalue weighted by Gasteiger charge is 2.21. The Labute approximate surface area is 118 Å². The number of aryl methyl sites for hydroxylation is 1. The first-order valence-electron chi connectivity index (χ1n) is 6.19. The van der Waals surface area contributed by atoms with Gasteiger partial charge in [-0.3, -0.25) is 10.1 Å². The van der Waals surface area contributed by atoms with Crippen molar-refractivity contribution in [3.05, 3.63) is 33.4 Å². The Balaban J connectivity index is 3.07. The third kappa shape index (κ3) is 3.99. The highest BCUT2D eigenvalue weighted by molar-refractivity contribution is 7.89. The number of nitrogens with zero attached hydrogens (tertiary/aromatic N) is 1. The van der Waals surface area contributed by atoms with Gasteiger partial charge in [0.2, 0.25) is 10.0 Å². The molecule has 112 valence electrons. The van der Waals surface area contributed by atoms with E-state index in [1.165, 1.54) is 6.07 Å². The molecule has 0 aliphatic rings. The molecule has 0 unspecified atom stereocenters. The van der Waals surface area contributed by atoms with Crippen LogP contribution in [0.1, 0.15) is 17.5 Å². The molecule has 0 heterocycles. The largest absolute Gasteiger partial charge is 0.320 e. The topological polar surface area (TPSA) is 101 Å². The maximum Gasteiger partial charge on any atom is 0.271 e. The van der Waals surface area contributed by atoms with Crippen LogP contribution >= 0.6 is 0 Å². The Kier molecular flexibility index (Phi) is 5.61. The summed E-state index contributed by atoms with van der Waals surface area (Å²) in [6.07, 6.45) is 0.642. The molecule has 0 saturated carbocycles. The molecule has 0 fully saturated rings. The quantitative estimate of drug-likeness (QED) is 0.446. The van der Waals surface area contributed by atoms with Crippen LogP contribution in [0.2, 0.25) is 0 Å². The zero-order chi connectivity index (χ0) is 15.3. The van der Waals surface area contributed by atoms with E-state index in [0.717, 1.165) is 6.07 Å². The van der Waals surface area contributed by atoms with Crippen LogP contribution in [0.15, 0.2) is 17.0 Å². The molecule has 0 aliphatic heterocycles. The lowest BCUT2D eigenvalue weighted by Crippen LogP contribution is -2.27. The Morgan fingerprint density at radius 3 is 2.45 bits per heavy atom. The summed E-state index contributed by atoms with van der Waals surface area (Å²) in [7, 11) is -1.95. The van der Waals surface area contributed by atoms with Crippen molar-refractivity contribution in [2.75, 3.05) is 20.1 Å². The van der Waals surface area contributed by atoms with E-state index in [1.54, 1.807) is 20.9 Å². The molecule has 0 saturated heterocycles. The predicted octanol–water partition coefficient (Wildman–Crippen LogP) is 1.10. The third-order valence-electron chi connectivity index (χ3n) is 3.00. The van der Waals surface area contributed by atoms with Gasteiger partial charge in [-0.1, -0.05) is 0 Å². The molecule has 0 atom stereocenters. The molecule has 20 heavy (non-hydrogen) atoms. The third-order valence-corrected chi connectivity index (χ3v) is 4.59. The number of hydrogen-bond acceptors (Lipinski definition) is 5. The summed E-state index contributed by atoms with van der Waals surface area (Å²) in [6, 6.07) is 2.47. The predicted molar refractivity (Wildman–Crippen MR) is 76.3 cm³/mol. The number of nitro groups is 1. The van der Waals surface area contributed by atoms with Crippen molar-refractivity contribution in [3.8, 4) is 0 Å². The second kappa shape index (κ2) is 6.78. The van der Waals surface area contributed by atoms with Gasteiger partial charge in [0.15, 0.2) is 0 Å². The highest BCUT2D eigenvalue weighted by atomic mass is 32.2. The summed E-state index contributed by atoms with van der Waals surface area (Å²) in [5.74, 6) is 0. The van der Waals surface area contributed by atoms with Crippen molar-refractivity contribution in [1.29, 1.82) is 0 Å². The van der Waals surface area contributed by atoms with Crippen molar-refractivity contribution in [1.82, 2.24) is 10.0 Å². The summed E-state index contributed by atoms with van der Waals surface area (Å²) < 4.78 is 26.8. The highest BCUT2D eigenvalue weighted by Crippen LogP contribution is 2.25. The molecule has 0 radical (unpaired) electrons. The monoisotopic (exact) mass is 301 g/mol. The minimum absolute atomic E-state index is 0.0337. The average Bonchev–Trinajstić information content (AvgIpc) is 2.37. The zero-order valence-electron chi connectivity index (χ0n) is 11.8. The van der Waals surface area contributed by atoms with Crippen molar-refractivity contribution in [3.63, 3.8) is 0 Å². The van der Waals surface area contributed by atoms with E-state index < -0.39 is 14.9 Å². The van der Waals surface area contributed by atoms with Crippen LogP contribution in [0.3, 0.4) is 0 Å². The summed E-state index contributed by atoms with van der Waals surface area (Å²) in [5, 5.41) is 13.7. The van der Waals surface area contributed by atoms with Gasteiger partial charge in [-0.2, -0.15) is 0 Å². The number of sulfonamides is 1. The lowest BCUT2D eigenvalue weighted by Gasteiger charge is -2.11. The van der Waals surface area contributed by atoms with Crippen LogP contribution in [0.5, 0.6) is 0 Å². The fourth-order valence-corrected chi connectivity index (χ4v) is 3.15. The van der Waals surface area contributed by atoms with Crippen molar-refractivity contribution in [2.24, 2.45) is 0 Å². The summed E-state index contributed by atoms with van der Waals surface area (Å²) in [4.78, 5) is 10.2. The van der Waals surface area contributed by atoms with E-state index in [1.807, 2.05) is 0 Å². The molecule has 8 heteroatoms. The van der Waals surface area contributed by atoms with Gasteiger partial charge >= 0.3 is 0 Å². The van der Waals surface area contributed by atoms with Gasteiger partial charge < -0.3 is 5.32 Å². The number of benzene rings is 1. The van der Waals surface area contributed by atoms with E-state index in [-0.39, 0.29) is 17.1 Å². The molecule has 1 aromatic carbocycles. The molecule has 2 N–H and O–H groups in total. The number of nitrogens with one attached hydrogen (secondary N) is 2. The molecule has 0 aliphatic carbocycles. The normalized spacial score (nSPS) is 11.6. The van der Waals surface area contributed by atoms with Crippen molar-refractivity contribution in [2.45, 2.75) is 25.2 Å². The fourth-order valence-electron chi connectivity index (χ4n) is 1.74. The van der Waals surface area contributed by atoms with Gasteiger partial charge in [0, 0.05) is 18.7 Å². The molecular formula is C12H19N3O4S. The lowest BCUT2D eigenvalue weighted by molar-refractivity contribution is -0.385. The van der Waals surface area contributed by atoms with Crippen molar-refractivity contribution >= 4 is 15.7 Å². The van der Waals surface area contributed by atoms with Crippen molar-refractivity contribution < 1.29 is 13.3 Å². The molecule has 0 aromatic heterocycles. The molecule has 0 amide bonds. The Bertz CT molecular complexity index is 599. The van der Waals surface area contributed by atoms with Crippen LogP contribution < -0.4 is 10.0 Å². The number of non-ortho nitro benzene ring substituents is 1. The first-order valence-corrected chi connectivity index (χ1v) is 7.68. The second-order valence-electron chi connectivity index (χ2n) is 4.50. The number of hydrogen-bond donors (Lipinski definition) is 2. The van der Waals surface area contributed by atoms with E-state index >= 15 is 0 Å².